The molecule has 0 aliphatic carbocycles. The van der Waals surface area contributed by atoms with Gasteiger partial charge in [-0.05, 0) is 18.1 Å². The van der Waals surface area contributed by atoms with E-state index < -0.39 is 22.0 Å². The van der Waals surface area contributed by atoms with Crippen molar-refractivity contribution in [2.45, 2.75) is 17.4 Å². The number of aromatic nitrogens is 1. The van der Waals surface area contributed by atoms with Crippen molar-refractivity contribution in [2.75, 3.05) is 0 Å². The second-order valence-electron chi connectivity index (χ2n) is 4.54. The summed E-state index contributed by atoms with van der Waals surface area (Å²) in [6.45, 7) is 0. The van der Waals surface area contributed by atoms with Crippen LogP contribution in [-0.2, 0) is 21.2 Å². The number of aliphatic carboxylic acids is 1. The predicted molar refractivity (Wildman–Crippen MR) is 81.1 cm³/mol. The number of nitrogens with one attached hydrogen (secondary N) is 1. The van der Waals surface area contributed by atoms with Gasteiger partial charge in [0.25, 0.3) is 0 Å². The van der Waals surface area contributed by atoms with Crippen LogP contribution in [0.4, 0.5) is 0 Å². The van der Waals surface area contributed by atoms with Crippen LogP contribution < -0.4 is 4.72 Å². The zero-order chi connectivity index (χ0) is 16.2. The van der Waals surface area contributed by atoms with E-state index in [9.17, 15) is 18.3 Å². The highest BCUT2D eigenvalue weighted by molar-refractivity contribution is 7.89. The summed E-state index contributed by atoms with van der Waals surface area (Å²) in [6.07, 6.45) is 2.43. The van der Waals surface area contributed by atoms with Crippen LogP contribution in [0.5, 0.6) is 0 Å². The van der Waals surface area contributed by atoms with Gasteiger partial charge >= 0.3 is 5.97 Å². The quantitative estimate of drug-likeness (QED) is 0.834. The van der Waals surface area contributed by atoms with E-state index in [1.54, 1.807) is 30.3 Å². The molecule has 0 saturated carbocycles. The number of halogens is 1. The molecule has 8 heteroatoms. The van der Waals surface area contributed by atoms with Crippen LogP contribution in [0, 0.1) is 0 Å². The van der Waals surface area contributed by atoms with Gasteiger partial charge in [0.05, 0.1) is 5.02 Å². The Hall–Kier alpha value is -1.96. The minimum absolute atomic E-state index is 0.0311. The van der Waals surface area contributed by atoms with E-state index >= 15 is 0 Å². The SMILES string of the molecule is O=C(O)[C@@H](Cc1ccccc1)NS(=O)(=O)c1cncc(Cl)c1. The van der Waals surface area contributed by atoms with Crippen molar-refractivity contribution in [1.82, 2.24) is 9.71 Å². The Balaban J connectivity index is 2.22. The normalized spacial score (nSPS) is 12.8. The molecule has 0 aliphatic heterocycles. The number of nitrogens with zero attached hydrogens (tertiary/aromatic N) is 1. The van der Waals surface area contributed by atoms with Gasteiger partial charge < -0.3 is 5.11 Å². The molecule has 6 nitrogen and oxygen atoms in total. The van der Waals surface area contributed by atoms with E-state index in [4.69, 9.17) is 11.6 Å². The Bertz CT molecular complexity index is 765. The average molecular weight is 341 g/mol. The summed E-state index contributed by atoms with van der Waals surface area (Å²) in [7, 11) is -4.02. The second-order valence-corrected chi connectivity index (χ2v) is 6.69. The Morgan fingerprint density at radius 2 is 1.95 bits per heavy atom. The van der Waals surface area contributed by atoms with Crippen LogP contribution >= 0.6 is 11.6 Å². The molecular weight excluding hydrogens is 328 g/mol. The first-order chi connectivity index (χ1) is 10.4. The number of pyridine rings is 1. The topological polar surface area (TPSA) is 96.4 Å². The van der Waals surface area contributed by atoms with Gasteiger partial charge in [0.1, 0.15) is 10.9 Å². The van der Waals surface area contributed by atoms with Gasteiger partial charge in [0.2, 0.25) is 10.0 Å². The second kappa shape index (κ2) is 6.87. The fourth-order valence-electron chi connectivity index (χ4n) is 1.82. The molecule has 0 radical (unpaired) electrons. The lowest BCUT2D eigenvalue weighted by Gasteiger charge is -2.15. The smallest absolute Gasteiger partial charge is 0.322 e. The van der Waals surface area contributed by atoms with Gasteiger partial charge in [-0.15, -0.1) is 0 Å². The van der Waals surface area contributed by atoms with E-state index in [1.165, 1.54) is 12.3 Å². The molecule has 2 aromatic rings. The highest BCUT2D eigenvalue weighted by atomic mass is 35.5. The molecule has 0 saturated heterocycles. The van der Waals surface area contributed by atoms with Gasteiger partial charge in [-0.1, -0.05) is 41.9 Å². The third-order valence-corrected chi connectivity index (χ3v) is 4.51. The van der Waals surface area contributed by atoms with E-state index in [0.29, 0.717) is 5.56 Å². The number of carboxylic acid groups (broad SMARTS) is 1. The molecule has 2 N–H and O–H groups in total. The molecular formula is C14H13ClN2O4S. The molecule has 1 aromatic carbocycles. The number of hydrogen-bond acceptors (Lipinski definition) is 4. The zero-order valence-corrected chi connectivity index (χ0v) is 12.9. The Morgan fingerprint density at radius 3 is 2.55 bits per heavy atom. The van der Waals surface area contributed by atoms with Crippen molar-refractivity contribution >= 4 is 27.6 Å². The van der Waals surface area contributed by atoms with Crippen LogP contribution in [0.2, 0.25) is 5.02 Å². The lowest BCUT2D eigenvalue weighted by atomic mass is 10.1. The number of benzene rings is 1. The maximum atomic E-state index is 12.2. The van der Waals surface area contributed by atoms with Gasteiger partial charge in [0.15, 0.2) is 0 Å². The average Bonchev–Trinajstić information content (AvgIpc) is 2.47. The molecule has 1 atom stereocenters. The Labute approximate surface area is 132 Å². The summed E-state index contributed by atoms with van der Waals surface area (Å²) in [6, 6.07) is 8.68. The highest BCUT2D eigenvalue weighted by Crippen LogP contribution is 2.14. The molecule has 1 aromatic heterocycles. The van der Waals surface area contributed by atoms with Gasteiger partial charge in [0, 0.05) is 12.4 Å². The predicted octanol–water partition coefficient (Wildman–Crippen LogP) is 1.71. The lowest BCUT2D eigenvalue weighted by molar-refractivity contribution is -0.138. The van der Waals surface area contributed by atoms with Crippen molar-refractivity contribution in [2.24, 2.45) is 0 Å². The largest absolute Gasteiger partial charge is 0.480 e. The van der Waals surface area contributed by atoms with E-state index in [-0.39, 0.29) is 16.3 Å². The first-order valence-corrected chi connectivity index (χ1v) is 8.14. The van der Waals surface area contributed by atoms with Crippen molar-refractivity contribution in [3.05, 3.63) is 59.4 Å². The summed E-state index contributed by atoms with van der Waals surface area (Å²) in [5, 5.41) is 9.38. The molecule has 2 rings (SSSR count). The number of carbonyl (C=O) groups is 1. The van der Waals surface area contributed by atoms with E-state index in [0.717, 1.165) is 6.20 Å². The fraction of sp³-hybridized carbons (Fsp3) is 0.143. The molecule has 0 unspecified atom stereocenters. The van der Waals surface area contributed by atoms with Crippen molar-refractivity contribution in [3.8, 4) is 0 Å². The van der Waals surface area contributed by atoms with Crippen LogP contribution in [0.15, 0.2) is 53.7 Å². The van der Waals surface area contributed by atoms with Crippen LogP contribution in [0.25, 0.3) is 0 Å². The molecule has 0 spiro atoms. The van der Waals surface area contributed by atoms with Gasteiger partial charge in [-0.3, -0.25) is 9.78 Å². The van der Waals surface area contributed by atoms with Gasteiger partial charge in [-0.25, -0.2) is 8.42 Å². The molecule has 0 amide bonds. The highest BCUT2D eigenvalue weighted by Gasteiger charge is 2.26. The molecule has 0 aliphatic rings. The molecule has 0 fully saturated rings. The number of rotatable bonds is 6. The number of carboxylic acids is 1. The van der Waals surface area contributed by atoms with Crippen molar-refractivity contribution < 1.29 is 18.3 Å². The Morgan fingerprint density at radius 1 is 1.27 bits per heavy atom. The summed E-state index contributed by atoms with van der Waals surface area (Å²) >= 11 is 5.71. The number of sulfonamides is 1. The van der Waals surface area contributed by atoms with Crippen LogP contribution in [0.1, 0.15) is 5.56 Å². The molecule has 1 heterocycles. The van der Waals surface area contributed by atoms with Gasteiger partial charge in [-0.2, -0.15) is 4.72 Å². The molecule has 22 heavy (non-hydrogen) atoms. The zero-order valence-electron chi connectivity index (χ0n) is 11.3. The summed E-state index contributed by atoms with van der Waals surface area (Å²) < 4.78 is 26.6. The van der Waals surface area contributed by atoms with E-state index in [1.807, 2.05) is 0 Å². The maximum absolute atomic E-state index is 12.2. The third-order valence-electron chi connectivity index (χ3n) is 2.87. The summed E-state index contributed by atoms with van der Waals surface area (Å²) in [5.41, 5.74) is 0.710. The first kappa shape index (κ1) is 16.4. The summed E-state index contributed by atoms with van der Waals surface area (Å²) in [4.78, 5) is 14.8. The number of hydrogen-bond donors (Lipinski definition) is 2. The third kappa shape index (κ3) is 4.27. The minimum atomic E-state index is -4.02. The standard InChI is InChI=1S/C14H13ClN2O4S/c15-11-7-12(9-16-8-11)22(20,21)17-13(14(18)19)6-10-4-2-1-3-5-10/h1-5,7-9,13,17H,6H2,(H,18,19)/t13-/m1/s1. The fourth-order valence-corrected chi connectivity index (χ4v) is 3.24. The molecule has 116 valence electrons. The molecule has 0 bridgehead atoms. The summed E-state index contributed by atoms with van der Waals surface area (Å²) in [5.74, 6) is -1.26. The van der Waals surface area contributed by atoms with Crippen LogP contribution in [0.3, 0.4) is 0 Å². The van der Waals surface area contributed by atoms with Crippen LogP contribution in [-0.4, -0.2) is 30.5 Å². The van der Waals surface area contributed by atoms with Crippen molar-refractivity contribution in [3.63, 3.8) is 0 Å². The minimum Gasteiger partial charge on any atom is -0.480 e. The Kier molecular flexibility index (Phi) is 5.12. The lowest BCUT2D eigenvalue weighted by Crippen LogP contribution is -2.42. The van der Waals surface area contributed by atoms with Crippen molar-refractivity contribution in [1.29, 1.82) is 0 Å². The maximum Gasteiger partial charge on any atom is 0.322 e. The monoisotopic (exact) mass is 340 g/mol. The van der Waals surface area contributed by atoms with E-state index in [2.05, 4.69) is 9.71 Å². The first-order valence-electron chi connectivity index (χ1n) is 6.28.